The fraction of sp³-hybridized carbons (Fsp3) is 0.115. The molecule has 3 aromatic carbocycles. The molecule has 1 N–H and O–H groups in total. The van der Waals surface area contributed by atoms with E-state index >= 15 is 0 Å². The van der Waals surface area contributed by atoms with Crippen molar-refractivity contribution in [2.24, 2.45) is 0 Å². The Hall–Kier alpha value is -3.64. The van der Waals surface area contributed by atoms with Gasteiger partial charge in [-0.05, 0) is 35.9 Å². The van der Waals surface area contributed by atoms with Crippen LogP contribution in [0.25, 0.3) is 21.8 Å². The number of nitrogens with zero attached hydrogens (tertiary/aromatic N) is 1. The van der Waals surface area contributed by atoms with E-state index in [0.29, 0.717) is 12.1 Å². The van der Waals surface area contributed by atoms with Crippen molar-refractivity contribution in [2.45, 2.75) is 19.4 Å². The van der Waals surface area contributed by atoms with Crippen LogP contribution in [0.2, 0.25) is 0 Å². The van der Waals surface area contributed by atoms with Crippen LogP contribution in [0.3, 0.4) is 0 Å². The lowest BCUT2D eigenvalue weighted by atomic mass is 10.1. The van der Waals surface area contributed by atoms with Gasteiger partial charge in [-0.1, -0.05) is 48.5 Å². The quantitative estimate of drug-likeness (QED) is 0.345. The highest BCUT2D eigenvalue weighted by Crippen LogP contribution is 2.29. The highest BCUT2D eigenvalue weighted by atomic mass is 32.1. The zero-order chi connectivity index (χ0) is 22.3. The average molecular weight is 445 g/mol. The van der Waals surface area contributed by atoms with Crippen LogP contribution in [0.15, 0.2) is 84.2 Å². The highest BCUT2D eigenvalue weighted by molar-refractivity contribution is 7.13. The monoisotopic (exact) mass is 444 g/mol. The van der Waals surface area contributed by atoms with Gasteiger partial charge in [0.15, 0.2) is 5.78 Å². The van der Waals surface area contributed by atoms with Crippen LogP contribution in [0.1, 0.15) is 28.8 Å². The molecule has 0 fully saturated rings. The number of thiazole rings is 1. The summed E-state index contributed by atoms with van der Waals surface area (Å²) in [6.45, 7) is 0.369. The SMILES string of the molecule is O=C(CCC(=O)c1ccc(F)cc1)NCc1cccc(-c2nc(-c3ccccc3)cs2)c1. The minimum Gasteiger partial charge on any atom is -0.352 e. The molecular weight excluding hydrogens is 423 g/mol. The molecule has 0 bridgehead atoms. The van der Waals surface area contributed by atoms with Crippen molar-refractivity contribution in [3.63, 3.8) is 0 Å². The third-order valence-corrected chi connectivity index (χ3v) is 5.87. The van der Waals surface area contributed by atoms with Gasteiger partial charge in [0.1, 0.15) is 10.8 Å². The number of hydrogen-bond donors (Lipinski definition) is 1. The largest absolute Gasteiger partial charge is 0.352 e. The third kappa shape index (κ3) is 5.53. The van der Waals surface area contributed by atoms with Gasteiger partial charge >= 0.3 is 0 Å². The summed E-state index contributed by atoms with van der Waals surface area (Å²) < 4.78 is 13.0. The molecule has 0 radical (unpaired) electrons. The first-order valence-electron chi connectivity index (χ1n) is 10.2. The van der Waals surface area contributed by atoms with Gasteiger partial charge < -0.3 is 5.32 Å². The maximum atomic E-state index is 13.0. The fourth-order valence-electron chi connectivity index (χ4n) is 3.26. The minimum absolute atomic E-state index is 0.0822. The Morgan fingerprint density at radius 2 is 1.62 bits per heavy atom. The highest BCUT2D eigenvalue weighted by Gasteiger charge is 2.11. The summed E-state index contributed by atoms with van der Waals surface area (Å²) in [4.78, 5) is 29.1. The van der Waals surface area contributed by atoms with E-state index in [-0.39, 0.29) is 24.5 Å². The molecule has 0 atom stereocenters. The van der Waals surface area contributed by atoms with Crippen LogP contribution >= 0.6 is 11.3 Å². The Balaban J connectivity index is 1.32. The number of rotatable bonds is 8. The van der Waals surface area contributed by atoms with Crippen molar-refractivity contribution in [1.29, 1.82) is 0 Å². The number of carbonyl (C=O) groups excluding carboxylic acids is 2. The molecule has 4 aromatic rings. The summed E-state index contributed by atoms with van der Waals surface area (Å²) in [6.07, 6.45) is 0.168. The maximum absolute atomic E-state index is 13.0. The topological polar surface area (TPSA) is 59.1 Å². The number of Topliss-reactive ketones (excluding diaryl/α,β-unsaturated/α-hetero) is 1. The van der Waals surface area contributed by atoms with E-state index < -0.39 is 5.82 Å². The molecule has 0 aliphatic rings. The van der Waals surface area contributed by atoms with Crippen molar-refractivity contribution >= 4 is 23.0 Å². The van der Waals surface area contributed by atoms with Crippen LogP contribution in [0.4, 0.5) is 4.39 Å². The Labute approximate surface area is 189 Å². The van der Waals surface area contributed by atoms with E-state index in [9.17, 15) is 14.0 Å². The van der Waals surface area contributed by atoms with E-state index in [2.05, 4.69) is 5.32 Å². The predicted molar refractivity (Wildman–Crippen MR) is 125 cm³/mol. The Kier molecular flexibility index (Phi) is 6.82. The number of benzene rings is 3. The molecule has 1 aromatic heterocycles. The van der Waals surface area contributed by atoms with Gasteiger partial charge in [0.2, 0.25) is 5.91 Å². The summed E-state index contributed by atoms with van der Waals surface area (Å²) in [5.74, 6) is -0.776. The molecule has 0 saturated carbocycles. The molecule has 160 valence electrons. The molecule has 0 aliphatic carbocycles. The molecule has 4 nitrogen and oxygen atoms in total. The summed E-state index contributed by atoms with van der Waals surface area (Å²) in [7, 11) is 0. The second-order valence-corrected chi connectivity index (χ2v) is 8.17. The van der Waals surface area contributed by atoms with E-state index in [0.717, 1.165) is 27.4 Å². The molecule has 4 rings (SSSR count). The number of aromatic nitrogens is 1. The second-order valence-electron chi connectivity index (χ2n) is 7.31. The summed E-state index contributed by atoms with van der Waals surface area (Å²) in [6, 6.07) is 23.3. The lowest BCUT2D eigenvalue weighted by Gasteiger charge is -2.07. The Bertz CT molecular complexity index is 1220. The molecule has 0 unspecified atom stereocenters. The summed E-state index contributed by atoms with van der Waals surface area (Å²) >= 11 is 1.58. The number of halogens is 1. The zero-order valence-corrected chi connectivity index (χ0v) is 18.1. The smallest absolute Gasteiger partial charge is 0.220 e. The summed E-state index contributed by atoms with van der Waals surface area (Å²) in [5, 5.41) is 5.81. The van der Waals surface area contributed by atoms with Gasteiger partial charge in [-0.15, -0.1) is 11.3 Å². The molecule has 1 amide bonds. The molecular formula is C26H21FN2O2S. The normalized spacial score (nSPS) is 10.7. The van der Waals surface area contributed by atoms with E-state index in [4.69, 9.17) is 4.98 Å². The van der Waals surface area contributed by atoms with Crippen LogP contribution in [-0.2, 0) is 11.3 Å². The number of carbonyl (C=O) groups is 2. The second kappa shape index (κ2) is 10.1. The summed E-state index contributed by atoms with van der Waals surface area (Å²) in [5.41, 5.74) is 4.38. The molecule has 6 heteroatoms. The lowest BCUT2D eigenvalue weighted by Crippen LogP contribution is -2.23. The van der Waals surface area contributed by atoms with Gasteiger partial charge in [-0.2, -0.15) is 0 Å². The van der Waals surface area contributed by atoms with Crippen molar-refractivity contribution < 1.29 is 14.0 Å². The molecule has 1 heterocycles. The van der Waals surface area contributed by atoms with Gasteiger partial charge in [-0.25, -0.2) is 9.37 Å². The Morgan fingerprint density at radius 3 is 2.41 bits per heavy atom. The molecule has 32 heavy (non-hydrogen) atoms. The van der Waals surface area contributed by atoms with Crippen molar-refractivity contribution in [2.75, 3.05) is 0 Å². The Morgan fingerprint density at radius 1 is 0.875 bits per heavy atom. The van der Waals surface area contributed by atoms with Crippen molar-refractivity contribution in [1.82, 2.24) is 10.3 Å². The number of nitrogens with one attached hydrogen (secondary N) is 1. The average Bonchev–Trinajstić information content (AvgIpc) is 3.33. The first kappa shape index (κ1) is 21.6. The van der Waals surface area contributed by atoms with Crippen LogP contribution in [0.5, 0.6) is 0 Å². The van der Waals surface area contributed by atoms with Crippen LogP contribution < -0.4 is 5.32 Å². The van der Waals surface area contributed by atoms with Crippen LogP contribution in [0, 0.1) is 5.82 Å². The molecule has 0 aliphatic heterocycles. The molecule has 0 spiro atoms. The third-order valence-electron chi connectivity index (χ3n) is 4.98. The standard InChI is InChI=1S/C26H21FN2O2S/c27-22-11-9-20(10-12-22)24(30)13-14-25(31)28-16-18-5-4-8-21(15-18)26-29-23(17-32-26)19-6-2-1-3-7-19/h1-12,15,17H,13-14,16H2,(H,28,31). The number of hydrogen-bond acceptors (Lipinski definition) is 4. The number of ketones is 1. The van der Waals surface area contributed by atoms with Gasteiger partial charge in [0, 0.05) is 41.5 Å². The fourth-order valence-corrected chi connectivity index (χ4v) is 4.08. The van der Waals surface area contributed by atoms with Gasteiger partial charge in [0.05, 0.1) is 5.69 Å². The lowest BCUT2D eigenvalue weighted by molar-refractivity contribution is -0.121. The van der Waals surface area contributed by atoms with Gasteiger partial charge in [0.25, 0.3) is 0 Å². The van der Waals surface area contributed by atoms with E-state index in [1.807, 2.05) is 60.0 Å². The van der Waals surface area contributed by atoms with Crippen molar-refractivity contribution in [3.8, 4) is 21.8 Å². The zero-order valence-electron chi connectivity index (χ0n) is 17.3. The predicted octanol–water partition coefficient (Wildman–Crippen LogP) is 5.90. The number of amides is 1. The minimum atomic E-state index is -0.393. The first-order chi connectivity index (χ1) is 15.6. The van der Waals surface area contributed by atoms with E-state index in [1.54, 1.807) is 11.3 Å². The maximum Gasteiger partial charge on any atom is 0.220 e. The van der Waals surface area contributed by atoms with Crippen LogP contribution in [-0.4, -0.2) is 16.7 Å². The van der Waals surface area contributed by atoms with Gasteiger partial charge in [-0.3, -0.25) is 9.59 Å². The van der Waals surface area contributed by atoms with Crippen molar-refractivity contribution in [3.05, 3.63) is 101 Å². The van der Waals surface area contributed by atoms with E-state index in [1.165, 1.54) is 24.3 Å². The first-order valence-corrected chi connectivity index (χ1v) is 11.1. The molecule has 0 saturated heterocycles.